The highest BCUT2D eigenvalue weighted by Gasteiger charge is 2.13. The zero-order chi connectivity index (χ0) is 14.3. The minimum absolute atomic E-state index is 0.0472. The second kappa shape index (κ2) is 8.15. The quantitative estimate of drug-likeness (QED) is 0.837. The molecule has 19 heavy (non-hydrogen) atoms. The number of carbonyl (C=O) groups excluding carboxylic acids is 1. The van der Waals surface area contributed by atoms with Crippen LogP contribution in [-0.4, -0.2) is 44.2 Å². The number of anilines is 1. The third-order valence-electron chi connectivity index (χ3n) is 2.99. The zero-order valence-corrected chi connectivity index (χ0v) is 12.4. The van der Waals surface area contributed by atoms with Crippen molar-refractivity contribution in [3.05, 3.63) is 29.3 Å². The van der Waals surface area contributed by atoms with Gasteiger partial charge in [0.1, 0.15) is 0 Å². The van der Waals surface area contributed by atoms with Crippen LogP contribution < -0.4 is 5.32 Å². The summed E-state index contributed by atoms with van der Waals surface area (Å²) in [5.41, 5.74) is 0.718. The molecule has 0 radical (unpaired) electrons. The minimum atomic E-state index is -0.0472. The summed E-state index contributed by atoms with van der Waals surface area (Å²) in [4.78, 5) is 13.9. The molecule has 0 aliphatic rings. The Morgan fingerprint density at radius 2 is 2.26 bits per heavy atom. The first-order valence-corrected chi connectivity index (χ1v) is 6.65. The van der Waals surface area contributed by atoms with Gasteiger partial charge >= 0.3 is 0 Å². The first-order chi connectivity index (χ1) is 9.02. The average Bonchev–Trinajstić information content (AvgIpc) is 2.35. The lowest BCUT2D eigenvalue weighted by atomic mass is 10.2. The number of nitrogens with one attached hydrogen (secondary N) is 1. The molecule has 0 heterocycles. The maximum absolute atomic E-state index is 11.9. The number of halogens is 1. The van der Waals surface area contributed by atoms with Gasteiger partial charge in [0.25, 0.3) is 0 Å². The Balaban J connectivity index is 2.42. The van der Waals surface area contributed by atoms with Gasteiger partial charge in [-0.3, -0.25) is 9.69 Å². The number of carbonyl (C=O) groups is 1. The van der Waals surface area contributed by atoms with E-state index in [1.54, 1.807) is 19.2 Å². The highest BCUT2D eigenvalue weighted by molar-refractivity contribution is 6.30. The van der Waals surface area contributed by atoms with Gasteiger partial charge in [0.05, 0.1) is 6.54 Å². The lowest BCUT2D eigenvalue weighted by molar-refractivity contribution is -0.117. The van der Waals surface area contributed by atoms with Crippen LogP contribution in [0, 0.1) is 0 Å². The van der Waals surface area contributed by atoms with E-state index < -0.39 is 0 Å². The van der Waals surface area contributed by atoms with Crippen LogP contribution in [0.2, 0.25) is 5.02 Å². The summed E-state index contributed by atoms with van der Waals surface area (Å²) in [6.45, 7) is 3.12. The average molecular weight is 285 g/mol. The molecule has 0 saturated carbocycles. The second-order valence-corrected chi connectivity index (χ2v) is 5.04. The van der Waals surface area contributed by atoms with E-state index >= 15 is 0 Å². The van der Waals surface area contributed by atoms with Crippen molar-refractivity contribution in [1.82, 2.24) is 4.90 Å². The van der Waals surface area contributed by atoms with Crippen molar-refractivity contribution in [1.29, 1.82) is 0 Å². The largest absolute Gasteiger partial charge is 0.385 e. The molecule has 1 N–H and O–H groups in total. The number of benzene rings is 1. The van der Waals surface area contributed by atoms with Crippen molar-refractivity contribution >= 4 is 23.2 Å². The molecule has 0 aliphatic heterocycles. The summed E-state index contributed by atoms with van der Waals surface area (Å²) in [5.74, 6) is -0.0472. The minimum Gasteiger partial charge on any atom is -0.385 e. The zero-order valence-electron chi connectivity index (χ0n) is 11.6. The first kappa shape index (κ1) is 16.0. The van der Waals surface area contributed by atoms with Crippen LogP contribution in [0.25, 0.3) is 0 Å². The SMILES string of the molecule is COCCC(C)N(C)CC(=O)Nc1cccc(Cl)c1. The van der Waals surface area contributed by atoms with Crippen molar-refractivity contribution in [2.24, 2.45) is 0 Å². The van der Waals surface area contributed by atoms with E-state index in [1.807, 2.05) is 24.1 Å². The fraction of sp³-hybridized carbons (Fsp3) is 0.500. The van der Waals surface area contributed by atoms with Gasteiger partial charge in [-0.15, -0.1) is 0 Å². The number of ether oxygens (including phenoxy) is 1. The van der Waals surface area contributed by atoms with Crippen LogP contribution >= 0.6 is 11.6 Å². The fourth-order valence-corrected chi connectivity index (χ4v) is 1.85. The summed E-state index contributed by atoms with van der Waals surface area (Å²) in [6, 6.07) is 7.43. The molecule has 1 rings (SSSR count). The molecule has 1 aromatic rings. The van der Waals surface area contributed by atoms with Crippen LogP contribution in [0.5, 0.6) is 0 Å². The molecular weight excluding hydrogens is 264 g/mol. The Morgan fingerprint density at radius 1 is 1.53 bits per heavy atom. The van der Waals surface area contributed by atoms with Gasteiger partial charge in [0.15, 0.2) is 0 Å². The molecule has 0 saturated heterocycles. The topological polar surface area (TPSA) is 41.6 Å². The van der Waals surface area contributed by atoms with Crippen molar-refractivity contribution in [3.8, 4) is 0 Å². The molecule has 0 spiro atoms. The molecule has 0 aromatic heterocycles. The number of hydrogen-bond acceptors (Lipinski definition) is 3. The molecule has 4 nitrogen and oxygen atoms in total. The van der Waals surface area contributed by atoms with E-state index in [9.17, 15) is 4.79 Å². The molecule has 1 amide bonds. The van der Waals surface area contributed by atoms with E-state index in [2.05, 4.69) is 12.2 Å². The number of methoxy groups -OCH3 is 1. The molecule has 0 bridgehead atoms. The van der Waals surface area contributed by atoms with Crippen molar-refractivity contribution < 1.29 is 9.53 Å². The van der Waals surface area contributed by atoms with Crippen LogP contribution in [0.15, 0.2) is 24.3 Å². The Labute approximate surface area is 119 Å². The van der Waals surface area contributed by atoms with Gasteiger partial charge < -0.3 is 10.1 Å². The normalized spacial score (nSPS) is 12.5. The molecule has 0 fully saturated rings. The maximum Gasteiger partial charge on any atom is 0.238 e. The standard InChI is InChI=1S/C14H21ClN2O2/c1-11(7-8-19-3)17(2)10-14(18)16-13-6-4-5-12(15)9-13/h4-6,9,11H,7-8,10H2,1-3H3,(H,16,18). The number of likely N-dealkylation sites (N-methyl/N-ethyl adjacent to an activating group) is 1. The van der Waals surface area contributed by atoms with Gasteiger partial charge in [0.2, 0.25) is 5.91 Å². The highest BCUT2D eigenvalue weighted by atomic mass is 35.5. The lowest BCUT2D eigenvalue weighted by Crippen LogP contribution is -2.37. The Morgan fingerprint density at radius 3 is 2.89 bits per heavy atom. The second-order valence-electron chi connectivity index (χ2n) is 4.60. The van der Waals surface area contributed by atoms with Crippen molar-refractivity contribution in [3.63, 3.8) is 0 Å². The van der Waals surface area contributed by atoms with E-state index in [0.717, 1.165) is 12.1 Å². The van der Waals surface area contributed by atoms with Crippen LogP contribution in [-0.2, 0) is 9.53 Å². The summed E-state index contributed by atoms with van der Waals surface area (Å²) >= 11 is 5.87. The number of hydrogen-bond donors (Lipinski definition) is 1. The Bertz CT molecular complexity index is 412. The van der Waals surface area contributed by atoms with Gasteiger partial charge in [-0.2, -0.15) is 0 Å². The van der Waals surface area contributed by atoms with Crippen molar-refractivity contribution in [2.45, 2.75) is 19.4 Å². The molecule has 1 aromatic carbocycles. The summed E-state index contributed by atoms with van der Waals surface area (Å²) < 4.78 is 5.03. The summed E-state index contributed by atoms with van der Waals surface area (Å²) in [6.07, 6.45) is 0.900. The number of nitrogens with zero attached hydrogens (tertiary/aromatic N) is 1. The molecule has 106 valence electrons. The Kier molecular flexibility index (Phi) is 6.84. The molecule has 0 aliphatic carbocycles. The predicted molar refractivity (Wildman–Crippen MR) is 78.7 cm³/mol. The number of amides is 1. The predicted octanol–water partition coefficient (Wildman–Crippen LogP) is 2.64. The van der Waals surface area contributed by atoms with Gasteiger partial charge in [-0.05, 0) is 38.6 Å². The third-order valence-corrected chi connectivity index (χ3v) is 3.23. The third kappa shape index (κ3) is 6.05. The maximum atomic E-state index is 11.9. The van der Waals surface area contributed by atoms with E-state index in [1.165, 1.54) is 0 Å². The molecular formula is C14H21ClN2O2. The van der Waals surface area contributed by atoms with E-state index in [4.69, 9.17) is 16.3 Å². The van der Waals surface area contributed by atoms with E-state index in [0.29, 0.717) is 24.2 Å². The highest BCUT2D eigenvalue weighted by Crippen LogP contribution is 2.14. The van der Waals surface area contributed by atoms with Crippen molar-refractivity contribution in [2.75, 3.05) is 32.6 Å². The number of rotatable bonds is 7. The van der Waals surface area contributed by atoms with Crippen LogP contribution in [0.1, 0.15) is 13.3 Å². The van der Waals surface area contributed by atoms with Gasteiger partial charge in [0, 0.05) is 30.5 Å². The van der Waals surface area contributed by atoms with Gasteiger partial charge in [-0.1, -0.05) is 17.7 Å². The van der Waals surface area contributed by atoms with Crippen LogP contribution in [0.3, 0.4) is 0 Å². The smallest absolute Gasteiger partial charge is 0.238 e. The van der Waals surface area contributed by atoms with E-state index in [-0.39, 0.29) is 5.91 Å². The summed E-state index contributed by atoms with van der Waals surface area (Å²) in [5, 5.41) is 3.44. The molecule has 1 unspecified atom stereocenters. The van der Waals surface area contributed by atoms with Crippen LogP contribution in [0.4, 0.5) is 5.69 Å². The summed E-state index contributed by atoms with van der Waals surface area (Å²) in [7, 11) is 3.61. The first-order valence-electron chi connectivity index (χ1n) is 6.27. The van der Waals surface area contributed by atoms with Gasteiger partial charge in [-0.25, -0.2) is 0 Å². The monoisotopic (exact) mass is 284 g/mol. The molecule has 1 atom stereocenters. The Hall–Kier alpha value is -1.10. The lowest BCUT2D eigenvalue weighted by Gasteiger charge is -2.23. The fourth-order valence-electron chi connectivity index (χ4n) is 1.66. The molecule has 5 heteroatoms.